The SMILES string of the molecule is Cc1c(OCCCN2CCS(=O)(=O)CC2)ccc([C@@H](C)N2CCN(C(=O)c3ccc(C(F)(F)F)cc3)CC2)c1C. The van der Waals surface area contributed by atoms with Crippen LogP contribution in [0.15, 0.2) is 36.4 Å². The summed E-state index contributed by atoms with van der Waals surface area (Å²) in [5.74, 6) is 1.06. The van der Waals surface area contributed by atoms with E-state index in [2.05, 4.69) is 36.6 Å². The smallest absolute Gasteiger partial charge is 0.416 e. The van der Waals surface area contributed by atoms with Gasteiger partial charge in [-0.25, -0.2) is 8.42 Å². The summed E-state index contributed by atoms with van der Waals surface area (Å²) in [6, 6.07) is 8.63. The fourth-order valence-electron chi connectivity index (χ4n) is 5.36. The Kier molecular flexibility index (Phi) is 9.47. The topological polar surface area (TPSA) is 70.2 Å². The summed E-state index contributed by atoms with van der Waals surface area (Å²) in [5, 5.41) is 0. The van der Waals surface area contributed by atoms with Crippen LogP contribution in [0.5, 0.6) is 5.75 Å². The van der Waals surface area contributed by atoms with Crippen molar-refractivity contribution >= 4 is 15.7 Å². The lowest BCUT2D eigenvalue weighted by atomic mass is 9.96. The third kappa shape index (κ3) is 7.36. The number of nitrogens with zero attached hydrogens (tertiary/aromatic N) is 3. The van der Waals surface area contributed by atoms with E-state index in [1.54, 1.807) is 4.90 Å². The molecule has 2 heterocycles. The molecule has 2 aromatic rings. The van der Waals surface area contributed by atoms with Gasteiger partial charge in [0, 0.05) is 57.4 Å². The van der Waals surface area contributed by atoms with E-state index in [0.29, 0.717) is 45.9 Å². The molecule has 11 heteroatoms. The monoisotopic (exact) mass is 581 g/mol. The first kappa shape index (κ1) is 30.3. The summed E-state index contributed by atoms with van der Waals surface area (Å²) < 4.78 is 67.8. The first-order valence-corrected chi connectivity index (χ1v) is 15.5. The number of alkyl halides is 3. The second-order valence-corrected chi connectivity index (χ2v) is 13.0. The highest BCUT2D eigenvalue weighted by Gasteiger charge is 2.31. The number of rotatable bonds is 8. The molecule has 0 radical (unpaired) electrons. The summed E-state index contributed by atoms with van der Waals surface area (Å²) in [4.78, 5) is 19.0. The van der Waals surface area contributed by atoms with Gasteiger partial charge in [-0.15, -0.1) is 0 Å². The van der Waals surface area contributed by atoms with Crippen LogP contribution in [0.3, 0.4) is 0 Å². The van der Waals surface area contributed by atoms with Gasteiger partial charge in [-0.3, -0.25) is 9.69 Å². The van der Waals surface area contributed by atoms with Gasteiger partial charge in [0.2, 0.25) is 0 Å². The fourth-order valence-corrected chi connectivity index (χ4v) is 6.64. The van der Waals surface area contributed by atoms with Crippen molar-refractivity contribution in [1.82, 2.24) is 14.7 Å². The Morgan fingerprint density at radius 2 is 1.55 bits per heavy atom. The Morgan fingerprint density at radius 1 is 0.925 bits per heavy atom. The summed E-state index contributed by atoms with van der Waals surface area (Å²) in [6.45, 7) is 11.2. The van der Waals surface area contributed by atoms with Gasteiger partial charge >= 0.3 is 6.18 Å². The lowest BCUT2D eigenvalue weighted by Gasteiger charge is -2.39. The highest BCUT2D eigenvalue weighted by molar-refractivity contribution is 7.91. The fraction of sp³-hybridized carbons (Fsp3) is 0.552. The maximum Gasteiger partial charge on any atom is 0.416 e. The predicted octanol–water partition coefficient (Wildman–Crippen LogP) is 4.34. The van der Waals surface area contributed by atoms with E-state index < -0.39 is 21.6 Å². The van der Waals surface area contributed by atoms with Crippen molar-refractivity contribution in [2.45, 2.75) is 39.4 Å². The van der Waals surface area contributed by atoms with Crippen molar-refractivity contribution < 1.29 is 31.1 Å². The van der Waals surface area contributed by atoms with E-state index in [1.165, 1.54) is 17.7 Å². The Bertz CT molecular complexity index is 1280. The average Bonchev–Trinajstić information content (AvgIpc) is 2.93. The van der Waals surface area contributed by atoms with E-state index in [0.717, 1.165) is 42.0 Å². The number of hydrogen-bond acceptors (Lipinski definition) is 6. The lowest BCUT2D eigenvalue weighted by Crippen LogP contribution is -2.49. The van der Waals surface area contributed by atoms with Crippen LogP contribution < -0.4 is 4.74 Å². The quantitative estimate of drug-likeness (QED) is 0.432. The van der Waals surface area contributed by atoms with E-state index in [9.17, 15) is 26.4 Å². The molecule has 7 nitrogen and oxygen atoms in total. The summed E-state index contributed by atoms with van der Waals surface area (Å²) in [5.41, 5.74) is 2.95. The van der Waals surface area contributed by atoms with Crippen LogP contribution in [0.4, 0.5) is 13.2 Å². The molecule has 0 bridgehead atoms. The van der Waals surface area contributed by atoms with E-state index in [-0.39, 0.29) is 29.0 Å². The van der Waals surface area contributed by atoms with E-state index >= 15 is 0 Å². The Hall–Kier alpha value is -2.63. The first-order valence-electron chi connectivity index (χ1n) is 13.7. The molecule has 2 aliphatic rings. The van der Waals surface area contributed by atoms with E-state index in [1.807, 2.05) is 6.07 Å². The Morgan fingerprint density at radius 3 is 2.15 bits per heavy atom. The van der Waals surface area contributed by atoms with Gasteiger partial charge in [-0.05, 0) is 74.2 Å². The predicted molar refractivity (Wildman–Crippen MR) is 148 cm³/mol. The molecule has 1 amide bonds. The molecule has 0 saturated carbocycles. The second-order valence-electron chi connectivity index (χ2n) is 10.7. The highest BCUT2D eigenvalue weighted by atomic mass is 32.2. The second kappa shape index (κ2) is 12.5. The standard InChI is InChI=1S/C29H38F3N3O4S/c1-21-22(2)27(39-18-4-11-33-16-19-40(37,38)20-17-33)10-9-26(21)23(3)34-12-14-35(15-13-34)28(36)24-5-7-25(8-6-24)29(30,31)32/h5-10,23H,4,11-20H2,1-3H3/t23-/m1/s1. The Balaban J connectivity index is 1.27. The third-order valence-corrected chi connectivity index (χ3v) is 9.76. The first-order chi connectivity index (χ1) is 18.9. The maximum atomic E-state index is 12.9. The molecule has 0 N–H and O–H groups in total. The van der Waals surface area contributed by atoms with Crippen molar-refractivity contribution in [3.05, 3.63) is 64.2 Å². The zero-order valence-electron chi connectivity index (χ0n) is 23.3. The number of ether oxygens (including phenoxy) is 1. The number of benzene rings is 2. The highest BCUT2D eigenvalue weighted by Crippen LogP contribution is 2.32. The van der Waals surface area contributed by atoms with E-state index in [4.69, 9.17) is 4.74 Å². The molecule has 40 heavy (non-hydrogen) atoms. The molecular weight excluding hydrogens is 543 g/mol. The third-order valence-electron chi connectivity index (χ3n) is 8.15. The van der Waals surface area contributed by atoms with Gasteiger partial charge < -0.3 is 14.5 Å². The van der Waals surface area contributed by atoms with Gasteiger partial charge in [-0.1, -0.05) is 6.07 Å². The van der Waals surface area contributed by atoms with Crippen molar-refractivity contribution in [3.63, 3.8) is 0 Å². The minimum Gasteiger partial charge on any atom is -0.493 e. The Labute approximate surface area is 234 Å². The van der Waals surface area contributed by atoms with Crippen LogP contribution in [-0.2, 0) is 16.0 Å². The average molecular weight is 582 g/mol. The number of hydrogen-bond donors (Lipinski definition) is 0. The van der Waals surface area contributed by atoms with Gasteiger partial charge in [-0.2, -0.15) is 13.2 Å². The van der Waals surface area contributed by atoms with Gasteiger partial charge in [0.15, 0.2) is 9.84 Å². The molecule has 1 atom stereocenters. The number of amides is 1. The molecular formula is C29H38F3N3O4S. The van der Waals surface area contributed by atoms with Crippen LogP contribution in [-0.4, -0.2) is 93.0 Å². The number of halogens is 3. The van der Waals surface area contributed by atoms with Crippen LogP contribution in [0.1, 0.15) is 52.0 Å². The van der Waals surface area contributed by atoms with Crippen LogP contribution in [0.25, 0.3) is 0 Å². The molecule has 4 rings (SSSR count). The minimum atomic E-state index is -4.42. The number of sulfone groups is 1. The van der Waals surface area contributed by atoms with Crippen LogP contribution in [0.2, 0.25) is 0 Å². The minimum absolute atomic E-state index is 0.131. The molecule has 0 unspecified atom stereocenters. The molecule has 0 aromatic heterocycles. The normalized spacial score (nSPS) is 19.4. The van der Waals surface area contributed by atoms with Gasteiger partial charge in [0.05, 0.1) is 23.7 Å². The summed E-state index contributed by atoms with van der Waals surface area (Å²) in [6.07, 6.45) is -3.60. The van der Waals surface area contributed by atoms with Crippen LogP contribution >= 0.6 is 0 Å². The molecule has 2 fully saturated rings. The van der Waals surface area contributed by atoms with Crippen molar-refractivity contribution in [2.75, 3.05) is 63.9 Å². The zero-order chi connectivity index (χ0) is 29.1. The molecule has 2 saturated heterocycles. The van der Waals surface area contributed by atoms with Crippen molar-refractivity contribution in [1.29, 1.82) is 0 Å². The molecule has 2 aliphatic heterocycles. The van der Waals surface area contributed by atoms with Crippen molar-refractivity contribution in [2.24, 2.45) is 0 Å². The summed E-state index contributed by atoms with van der Waals surface area (Å²) in [7, 11) is -2.87. The van der Waals surface area contributed by atoms with Gasteiger partial charge in [0.25, 0.3) is 5.91 Å². The zero-order valence-corrected chi connectivity index (χ0v) is 24.2. The van der Waals surface area contributed by atoms with Gasteiger partial charge in [0.1, 0.15) is 5.75 Å². The number of piperazine rings is 1. The largest absolute Gasteiger partial charge is 0.493 e. The van der Waals surface area contributed by atoms with Crippen molar-refractivity contribution in [3.8, 4) is 5.75 Å². The molecule has 0 spiro atoms. The summed E-state index contributed by atoms with van der Waals surface area (Å²) >= 11 is 0. The molecule has 0 aliphatic carbocycles. The molecule has 220 valence electrons. The number of carbonyl (C=O) groups excluding carboxylic acids is 1. The maximum absolute atomic E-state index is 12.9. The lowest BCUT2D eigenvalue weighted by molar-refractivity contribution is -0.137. The number of carbonyl (C=O) groups is 1. The van der Waals surface area contributed by atoms with Crippen LogP contribution in [0, 0.1) is 13.8 Å². The molecule has 2 aromatic carbocycles.